The molecular weight excluding hydrogens is 398 g/mol. The number of carbonyl (C=O) groups excluding carboxylic acids is 1. The fourth-order valence-corrected chi connectivity index (χ4v) is 4.08. The zero-order valence-electron chi connectivity index (χ0n) is 12.6. The summed E-state index contributed by atoms with van der Waals surface area (Å²) in [6, 6.07) is 4.15. The van der Waals surface area contributed by atoms with Crippen LogP contribution in [0.4, 0.5) is 5.69 Å². The SMILES string of the molecule is COC(=O)c1cc(Br)cc(Br)c1NC1CCC(C)(C)CC1. The van der Waals surface area contributed by atoms with Gasteiger partial charge in [-0.05, 0) is 59.2 Å². The monoisotopic (exact) mass is 417 g/mol. The second-order valence-corrected chi connectivity index (χ2v) is 8.15. The van der Waals surface area contributed by atoms with Crippen LogP contribution >= 0.6 is 31.9 Å². The molecule has 0 spiro atoms. The fourth-order valence-electron chi connectivity index (χ4n) is 2.74. The number of halogens is 2. The summed E-state index contributed by atoms with van der Waals surface area (Å²) in [4.78, 5) is 12.0. The van der Waals surface area contributed by atoms with Crippen molar-refractivity contribution < 1.29 is 9.53 Å². The molecule has 1 aliphatic rings. The molecule has 0 bridgehead atoms. The number of benzene rings is 1. The van der Waals surface area contributed by atoms with Crippen LogP contribution in [-0.2, 0) is 4.74 Å². The third kappa shape index (κ3) is 4.22. The van der Waals surface area contributed by atoms with E-state index in [9.17, 15) is 4.79 Å². The van der Waals surface area contributed by atoms with Crippen LogP contribution in [0.15, 0.2) is 21.1 Å². The smallest absolute Gasteiger partial charge is 0.340 e. The van der Waals surface area contributed by atoms with Crippen molar-refractivity contribution in [2.24, 2.45) is 5.41 Å². The Balaban J connectivity index is 2.21. The molecular formula is C16H21Br2NO2. The highest BCUT2D eigenvalue weighted by atomic mass is 79.9. The van der Waals surface area contributed by atoms with Crippen LogP contribution in [-0.4, -0.2) is 19.1 Å². The molecule has 1 saturated carbocycles. The first-order valence-corrected chi connectivity index (χ1v) is 8.75. The second-order valence-electron chi connectivity index (χ2n) is 6.38. The highest BCUT2D eigenvalue weighted by molar-refractivity contribution is 9.11. The predicted molar refractivity (Wildman–Crippen MR) is 92.8 cm³/mol. The molecule has 0 aromatic heterocycles. The van der Waals surface area contributed by atoms with Crippen LogP contribution in [0.3, 0.4) is 0 Å². The molecule has 0 heterocycles. The largest absolute Gasteiger partial charge is 0.465 e. The van der Waals surface area contributed by atoms with Gasteiger partial charge in [-0.2, -0.15) is 0 Å². The molecule has 0 atom stereocenters. The quantitative estimate of drug-likeness (QED) is 0.669. The number of methoxy groups -OCH3 is 1. The normalized spacial score (nSPS) is 18.3. The van der Waals surface area contributed by atoms with Crippen LogP contribution in [0.1, 0.15) is 49.9 Å². The van der Waals surface area contributed by atoms with E-state index in [4.69, 9.17) is 4.74 Å². The average molecular weight is 419 g/mol. The summed E-state index contributed by atoms with van der Waals surface area (Å²) in [7, 11) is 1.41. The maximum absolute atomic E-state index is 12.0. The summed E-state index contributed by atoms with van der Waals surface area (Å²) >= 11 is 6.96. The van der Waals surface area contributed by atoms with Crippen molar-refractivity contribution in [3.8, 4) is 0 Å². The molecule has 0 aliphatic heterocycles. The predicted octanol–water partition coefficient (Wildman–Crippen LogP) is 5.38. The minimum absolute atomic E-state index is 0.323. The summed E-state index contributed by atoms with van der Waals surface area (Å²) in [5, 5.41) is 3.53. The van der Waals surface area contributed by atoms with Crippen molar-refractivity contribution in [2.75, 3.05) is 12.4 Å². The van der Waals surface area contributed by atoms with Gasteiger partial charge in [0, 0.05) is 15.0 Å². The average Bonchev–Trinajstić information content (AvgIpc) is 2.42. The highest BCUT2D eigenvalue weighted by Gasteiger charge is 2.28. The van der Waals surface area contributed by atoms with Gasteiger partial charge in [-0.15, -0.1) is 0 Å². The van der Waals surface area contributed by atoms with E-state index in [2.05, 4.69) is 51.0 Å². The number of carbonyl (C=O) groups is 1. The molecule has 0 saturated heterocycles. The van der Waals surface area contributed by atoms with E-state index in [1.165, 1.54) is 20.0 Å². The summed E-state index contributed by atoms with van der Waals surface area (Å²) in [6.45, 7) is 4.64. The lowest BCUT2D eigenvalue weighted by Crippen LogP contribution is -2.30. The van der Waals surface area contributed by atoms with Crippen LogP contribution in [0.5, 0.6) is 0 Å². The number of rotatable bonds is 3. The Bertz CT molecular complexity index is 533. The molecule has 5 heteroatoms. The van der Waals surface area contributed by atoms with Crippen molar-refractivity contribution >= 4 is 43.5 Å². The van der Waals surface area contributed by atoms with E-state index in [1.54, 1.807) is 6.07 Å². The van der Waals surface area contributed by atoms with Gasteiger partial charge in [-0.3, -0.25) is 0 Å². The molecule has 1 N–H and O–H groups in total. The van der Waals surface area contributed by atoms with Crippen molar-refractivity contribution in [3.63, 3.8) is 0 Å². The molecule has 2 rings (SSSR count). The van der Waals surface area contributed by atoms with Gasteiger partial charge in [0.15, 0.2) is 0 Å². The standard InChI is InChI=1S/C16H21Br2NO2/c1-16(2)6-4-11(5-7-16)19-14-12(15(20)21-3)8-10(17)9-13(14)18/h8-9,11,19H,4-7H2,1-3H3. The van der Waals surface area contributed by atoms with Crippen LogP contribution in [0, 0.1) is 5.41 Å². The van der Waals surface area contributed by atoms with Crippen molar-refractivity contribution in [3.05, 3.63) is 26.6 Å². The van der Waals surface area contributed by atoms with E-state index >= 15 is 0 Å². The van der Waals surface area contributed by atoms with E-state index in [-0.39, 0.29) is 5.97 Å². The maximum atomic E-state index is 12.0. The van der Waals surface area contributed by atoms with Crippen LogP contribution in [0.2, 0.25) is 0 Å². The zero-order valence-corrected chi connectivity index (χ0v) is 15.8. The molecule has 0 amide bonds. The van der Waals surface area contributed by atoms with Crippen molar-refractivity contribution in [1.82, 2.24) is 0 Å². The minimum atomic E-state index is -0.323. The molecule has 21 heavy (non-hydrogen) atoms. The van der Waals surface area contributed by atoms with Gasteiger partial charge in [0.25, 0.3) is 0 Å². The van der Waals surface area contributed by atoms with Crippen molar-refractivity contribution in [1.29, 1.82) is 0 Å². The number of ether oxygens (including phenoxy) is 1. The Kier molecular flexibility index (Phi) is 5.36. The van der Waals surface area contributed by atoms with Gasteiger partial charge in [0.2, 0.25) is 0 Å². The maximum Gasteiger partial charge on any atom is 0.340 e. The Morgan fingerprint density at radius 1 is 1.29 bits per heavy atom. The molecule has 0 unspecified atom stereocenters. The Morgan fingerprint density at radius 3 is 2.48 bits per heavy atom. The molecule has 3 nitrogen and oxygen atoms in total. The Labute approximate surface area is 143 Å². The Morgan fingerprint density at radius 2 is 1.90 bits per heavy atom. The lowest BCUT2D eigenvalue weighted by atomic mass is 9.75. The first-order valence-electron chi connectivity index (χ1n) is 7.16. The van der Waals surface area contributed by atoms with Gasteiger partial charge in [-0.25, -0.2) is 4.79 Å². The number of anilines is 1. The van der Waals surface area contributed by atoms with Gasteiger partial charge in [0.05, 0.1) is 18.4 Å². The number of esters is 1. The van der Waals surface area contributed by atoms with E-state index < -0.39 is 0 Å². The number of hydrogen-bond acceptors (Lipinski definition) is 3. The van der Waals surface area contributed by atoms with Crippen LogP contribution < -0.4 is 5.32 Å². The first-order chi connectivity index (χ1) is 9.82. The third-order valence-electron chi connectivity index (χ3n) is 4.15. The van der Waals surface area contributed by atoms with Gasteiger partial charge >= 0.3 is 5.97 Å². The number of hydrogen-bond donors (Lipinski definition) is 1. The van der Waals surface area contributed by atoms with Gasteiger partial charge in [0.1, 0.15) is 0 Å². The summed E-state index contributed by atoms with van der Waals surface area (Å²) in [6.07, 6.45) is 4.64. The highest BCUT2D eigenvalue weighted by Crippen LogP contribution is 2.38. The summed E-state index contributed by atoms with van der Waals surface area (Å²) in [5.41, 5.74) is 1.82. The van der Waals surface area contributed by atoms with Crippen LogP contribution in [0.25, 0.3) is 0 Å². The first kappa shape index (κ1) is 16.8. The van der Waals surface area contributed by atoms with E-state index in [0.29, 0.717) is 17.0 Å². The second kappa shape index (κ2) is 6.69. The van der Waals surface area contributed by atoms with E-state index in [0.717, 1.165) is 27.5 Å². The zero-order chi connectivity index (χ0) is 15.6. The minimum Gasteiger partial charge on any atom is -0.465 e. The molecule has 1 fully saturated rings. The van der Waals surface area contributed by atoms with Gasteiger partial charge in [-0.1, -0.05) is 29.8 Å². The fraction of sp³-hybridized carbons (Fsp3) is 0.562. The summed E-state index contributed by atoms with van der Waals surface area (Å²) in [5.74, 6) is -0.323. The number of nitrogens with one attached hydrogen (secondary N) is 1. The Hall–Kier alpha value is -0.550. The van der Waals surface area contributed by atoms with Gasteiger partial charge < -0.3 is 10.1 Å². The molecule has 1 aromatic rings. The topological polar surface area (TPSA) is 38.3 Å². The molecule has 1 aromatic carbocycles. The lowest BCUT2D eigenvalue weighted by Gasteiger charge is -2.35. The molecule has 116 valence electrons. The van der Waals surface area contributed by atoms with E-state index in [1.807, 2.05) is 6.07 Å². The molecule has 0 radical (unpaired) electrons. The molecule has 1 aliphatic carbocycles. The third-order valence-corrected chi connectivity index (χ3v) is 5.23. The van der Waals surface area contributed by atoms with Crippen molar-refractivity contribution in [2.45, 2.75) is 45.6 Å². The summed E-state index contributed by atoms with van der Waals surface area (Å²) < 4.78 is 6.62. The lowest BCUT2D eigenvalue weighted by molar-refractivity contribution is 0.0601.